The van der Waals surface area contributed by atoms with E-state index in [4.69, 9.17) is 4.74 Å². The molecule has 4 nitrogen and oxygen atoms in total. The molecule has 1 N–H and O–H groups in total. The Balaban J connectivity index is 1.88. The molecule has 2 aromatic carbocycles. The number of hydrogen-bond donors (Lipinski definition) is 1. The molecule has 1 heterocycles. The van der Waals surface area contributed by atoms with E-state index in [0.29, 0.717) is 13.2 Å². The fraction of sp³-hybridized carbons (Fsp3) is 0.278. The Bertz CT molecular complexity index is 793. The molecule has 0 bridgehead atoms. The minimum Gasteiger partial charge on any atom is -0.485 e. The molecule has 0 radical (unpaired) electrons. The third-order valence-corrected chi connectivity index (χ3v) is 3.74. The maximum Gasteiger partial charge on any atom is 0.148 e. The maximum absolute atomic E-state index is 9.29. The number of aromatic nitrogens is 2. The van der Waals surface area contributed by atoms with Gasteiger partial charge in [0, 0.05) is 6.54 Å². The highest BCUT2D eigenvalue weighted by Gasteiger charge is 2.11. The van der Waals surface area contributed by atoms with Crippen molar-refractivity contribution in [2.75, 3.05) is 6.61 Å². The summed E-state index contributed by atoms with van der Waals surface area (Å²) in [5.74, 6) is 1.70. The predicted molar refractivity (Wildman–Crippen MR) is 87.1 cm³/mol. The zero-order valence-corrected chi connectivity index (χ0v) is 12.9. The molecule has 0 unspecified atom stereocenters. The normalized spacial score (nSPS) is 11.0. The minimum absolute atomic E-state index is 0.0803. The van der Waals surface area contributed by atoms with E-state index < -0.39 is 0 Å². The molecular weight excluding hydrogens is 276 g/mol. The van der Waals surface area contributed by atoms with E-state index in [2.05, 4.69) is 18.0 Å². The van der Waals surface area contributed by atoms with Crippen molar-refractivity contribution in [3.63, 3.8) is 0 Å². The Morgan fingerprint density at radius 3 is 2.73 bits per heavy atom. The van der Waals surface area contributed by atoms with E-state index >= 15 is 0 Å². The highest BCUT2D eigenvalue weighted by Crippen LogP contribution is 2.21. The van der Waals surface area contributed by atoms with Gasteiger partial charge in [-0.15, -0.1) is 0 Å². The molecule has 0 saturated carbocycles. The lowest BCUT2D eigenvalue weighted by molar-refractivity contribution is 0.260. The Morgan fingerprint density at radius 1 is 1.14 bits per heavy atom. The highest BCUT2D eigenvalue weighted by molar-refractivity contribution is 5.75. The van der Waals surface area contributed by atoms with Crippen LogP contribution < -0.4 is 4.74 Å². The van der Waals surface area contributed by atoms with Gasteiger partial charge < -0.3 is 14.4 Å². The minimum atomic E-state index is 0.0803. The van der Waals surface area contributed by atoms with Gasteiger partial charge in [-0.3, -0.25) is 0 Å². The number of hydrogen-bond acceptors (Lipinski definition) is 3. The van der Waals surface area contributed by atoms with Gasteiger partial charge in [-0.2, -0.15) is 0 Å². The van der Waals surface area contributed by atoms with Crippen molar-refractivity contribution in [1.29, 1.82) is 0 Å². The third kappa shape index (κ3) is 2.83. The smallest absolute Gasteiger partial charge is 0.148 e. The summed E-state index contributed by atoms with van der Waals surface area (Å²) in [6.45, 7) is 5.10. The number of ether oxygens (including phenoxy) is 1. The molecule has 0 aliphatic carbocycles. The van der Waals surface area contributed by atoms with Crippen LogP contribution in [0.4, 0.5) is 0 Å². The molecule has 1 aromatic heterocycles. The maximum atomic E-state index is 9.29. The summed E-state index contributed by atoms with van der Waals surface area (Å²) in [6.07, 6.45) is 0. The number of rotatable bonds is 5. The summed E-state index contributed by atoms with van der Waals surface area (Å²) < 4.78 is 7.94. The average Bonchev–Trinajstić information content (AvgIpc) is 2.85. The van der Waals surface area contributed by atoms with E-state index in [1.807, 2.05) is 47.9 Å². The molecule has 0 fully saturated rings. The first-order chi connectivity index (χ1) is 10.7. The monoisotopic (exact) mass is 296 g/mol. The molecule has 0 spiro atoms. The van der Waals surface area contributed by atoms with Crippen LogP contribution in [0.15, 0.2) is 42.5 Å². The fourth-order valence-corrected chi connectivity index (χ4v) is 2.69. The topological polar surface area (TPSA) is 47.3 Å². The first-order valence-corrected chi connectivity index (χ1v) is 7.44. The van der Waals surface area contributed by atoms with Crippen LogP contribution in [0.5, 0.6) is 5.75 Å². The Hall–Kier alpha value is -2.33. The SMILES string of the molecule is Cc1ccc(OCc2nc3ccccc3n2CCO)c(C)c1. The van der Waals surface area contributed by atoms with Crippen LogP contribution in [0.2, 0.25) is 0 Å². The lowest BCUT2D eigenvalue weighted by atomic mass is 10.1. The zero-order chi connectivity index (χ0) is 15.5. The average molecular weight is 296 g/mol. The summed E-state index contributed by atoms with van der Waals surface area (Å²) >= 11 is 0. The molecule has 4 heteroatoms. The molecular formula is C18H20N2O2. The van der Waals surface area contributed by atoms with Gasteiger partial charge in [0.15, 0.2) is 0 Å². The van der Waals surface area contributed by atoms with Gasteiger partial charge in [0.25, 0.3) is 0 Å². The lowest BCUT2D eigenvalue weighted by Gasteiger charge is -2.11. The quantitative estimate of drug-likeness (QED) is 0.786. The predicted octanol–water partition coefficient (Wildman–Crippen LogP) is 3.22. The van der Waals surface area contributed by atoms with Gasteiger partial charge in [-0.05, 0) is 37.6 Å². The van der Waals surface area contributed by atoms with Crippen LogP contribution in [0, 0.1) is 13.8 Å². The van der Waals surface area contributed by atoms with E-state index in [1.54, 1.807) is 0 Å². The van der Waals surface area contributed by atoms with Crippen LogP contribution in [-0.4, -0.2) is 21.3 Å². The summed E-state index contributed by atoms with van der Waals surface area (Å²) in [7, 11) is 0. The number of benzene rings is 2. The van der Waals surface area contributed by atoms with Crippen molar-refractivity contribution in [3.8, 4) is 5.75 Å². The van der Waals surface area contributed by atoms with Crippen molar-refractivity contribution in [2.24, 2.45) is 0 Å². The van der Waals surface area contributed by atoms with Crippen molar-refractivity contribution < 1.29 is 9.84 Å². The van der Waals surface area contributed by atoms with Crippen molar-refractivity contribution in [3.05, 3.63) is 59.4 Å². The second-order valence-electron chi connectivity index (χ2n) is 5.45. The van der Waals surface area contributed by atoms with E-state index in [1.165, 1.54) is 5.56 Å². The van der Waals surface area contributed by atoms with Crippen molar-refractivity contribution in [1.82, 2.24) is 9.55 Å². The van der Waals surface area contributed by atoms with E-state index in [-0.39, 0.29) is 6.61 Å². The molecule has 0 aliphatic rings. The number of nitrogens with zero attached hydrogens (tertiary/aromatic N) is 2. The fourth-order valence-electron chi connectivity index (χ4n) is 2.69. The zero-order valence-electron chi connectivity index (χ0n) is 12.9. The lowest BCUT2D eigenvalue weighted by Crippen LogP contribution is -2.10. The first-order valence-electron chi connectivity index (χ1n) is 7.44. The first kappa shape index (κ1) is 14.6. The van der Waals surface area contributed by atoms with Crippen molar-refractivity contribution >= 4 is 11.0 Å². The van der Waals surface area contributed by atoms with E-state index in [0.717, 1.165) is 28.2 Å². The molecule has 22 heavy (non-hydrogen) atoms. The number of para-hydroxylation sites is 2. The molecule has 3 aromatic rings. The Morgan fingerprint density at radius 2 is 1.95 bits per heavy atom. The Kier molecular flexibility index (Phi) is 4.11. The van der Waals surface area contributed by atoms with Crippen LogP contribution in [0.1, 0.15) is 17.0 Å². The number of aliphatic hydroxyl groups excluding tert-OH is 1. The molecule has 0 saturated heterocycles. The van der Waals surface area contributed by atoms with Crippen molar-refractivity contribution in [2.45, 2.75) is 27.0 Å². The summed E-state index contributed by atoms with van der Waals surface area (Å²) in [6, 6.07) is 14.1. The summed E-state index contributed by atoms with van der Waals surface area (Å²) in [4.78, 5) is 4.62. The molecule has 0 amide bonds. The van der Waals surface area contributed by atoms with E-state index in [9.17, 15) is 5.11 Å². The number of aliphatic hydroxyl groups is 1. The van der Waals surface area contributed by atoms with Crippen LogP contribution in [-0.2, 0) is 13.2 Å². The molecule has 0 aliphatic heterocycles. The largest absolute Gasteiger partial charge is 0.485 e. The summed E-state index contributed by atoms with van der Waals surface area (Å²) in [5, 5.41) is 9.29. The van der Waals surface area contributed by atoms with Gasteiger partial charge in [0.2, 0.25) is 0 Å². The van der Waals surface area contributed by atoms with Gasteiger partial charge >= 0.3 is 0 Å². The molecule has 114 valence electrons. The number of aryl methyl sites for hydroxylation is 2. The van der Waals surface area contributed by atoms with Crippen LogP contribution in [0.25, 0.3) is 11.0 Å². The second kappa shape index (κ2) is 6.20. The van der Waals surface area contributed by atoms with Gasteiger partial charge in [-0.25, -0.2) is 4.98 Å². The van der Waals surface area contributed by atoms with Crippen LogP contribution in [0.3, 0.4) is 0 Å². The summed E-state index contributed by atoms with van der Waals surface area (Å²) in [5.41, 5.74) is 4.29. The van der Waals surface area contributed by atoms with Gasteiger partial charge in [0.1, 0.15) is 18.2 Å². The number of imidazole rings is 1. The molecule has 3 rings (SSSR count). The second-order valence-corrected chi connectivity index (χ2v) is 5.45. The van der Waals surface area contributed by atoms with Crippen LogP contribution >= 0.6 is 0 Å². The highest BCUT2D eigenvalue weighted by atomic mass is 16.5. The standard InChI is InChI=1S/C18H20N2O2/c1-13-7-8-17(14(2)11-13)22-12-18-19-15-5-3-4-6-16(15)20(18)9-10-21/h3-8,11,21H,9-10,12H2,1-2H3. The van der Waals surface area contributed by atoms with Gasteiger partial charge in [-0.1, -0.05) is 29.8 Å². The molecule has 0 atom stereocenters. The van der Waals surface area contributed by atoms with Gasteiger partial charge in [0.05, 0.1) is 17.6 Å². The third-order valence-electron chi connectivity index (χ3n) is 3.74. The number of fused-ring (bicyclic) bond motifs is 1. The Labute approximate surface area is 130 Å².